The summed E-state index contributed by atoms with van der Waals surface area (Å²) in [6, 6.07) is 3.50. The lowest BCUT2D eigenvalue weighted by atomic mass is 9.90. The van der Waals surface area contributed by atoms with E-state index in [9.17, 15) is 0 Å². The SMILES string of the molecule is CCNC1CC2CCC(C1)N2C1CCC(C)(C)C1. The van der Waals surface area contributed by atoms with Crippen molar-refractivity contribution in [1.29, 1.82) is 0 Å². The molecule has 3 aliphatic rings. The molecule has 2 nitrogen and oxygen atoms in total. The molecule has 0 aromatic rings. The van der Waals surface area contributed by atoms with Gasteiger partial charge in [-0.2, -0.15) is 0 Å². The van der Waals surface area contributed by atoms with E-state index in [1.807, 2.05) is 0 Å². The van der Waals surface area contributed by atoms with Crippen LogP contribution >= 0.6 is 0 Å². The summed E-state index contributed by atoms with van der Waals surface area (Å²) in [7, 11) is 0. The van der Waals surface area contributed by atoms with Crippen LogP contribution in [-0.2, 0) is 0 Å². The third-order valence-corrected chi connectivity index (χ3v) is 5.65. The second-order valence-electron chi connectivity index (χ2n) is 7.62. The Bertz CT molecular complexity index is 285. The first-order chi connectivity index (χ1) is 8.59. The minimum absolute atomic E-state index is 0.600. The smallest absolute Gasteiger partial charge is 0.0116 e. The van der Waals surface area contributed by atoms with E-state index in [4.69, 9.17) is 0 Å². The van der Waals surface area contributed by atoms with E-state index in [1.165, 1.54) is 44.9 Å². The highest BCUT2D eigenvalue weighted by atomic mass is 15.3. The number of hydrogen-bond donors (Lipinski definition) is 1. The number of piperidine rings is 1. The zero-order chi connectivity index (χ0) is 12.8. The van der Waals surface area contributed by atoms with Crippen LogP contribution in [0, 0.1) is 5.41 Å². The van der Waals surface area contributed by atoms with Gasteiger partial charge >= 0.3 is 0 Å². The van der Waals surface area contributed by atoms with Gasteiger partial charge in [0, 0.05) is 24.2 Å². The highest BCUT2D eigenvalue weighted by molar-refractivity contribution is 5.02. The summed E-state index contributed by atoms with van der Waals surface area (Å²) in [5, 5.41) is 3.69. The van der Waals surface area contributed by atoms with E-state index in [-0.39, 0.29) is 0 Å². The first-order valence-corrected chi connectivity index (χ1v) is 8.10. The Morgan fingerprint density at radius 1 is 1.06 bits per heavy atom. The molecule has 3 fully saturated rings. The van der Waals surface area contributed by atoms with Crippen molar-refractivity contribution in [3.05, 3.63) is 0 Å². The minimum atomic E-state index is 0.600. The Labute approximate surface area is 113 Å². The van der Waals surface area contributed by atoms with Crippen LogP contribution < -0.4 is 5.32 Å². The molecule has 18 heavy (non-hydrogen) atoms. The molecule has 0 aromatic heterocycles. The molecule has 3 rings (SSSR count). The van der Waals surface area contributed by atoms with E-state index in [0.29, 0.717) is 5.41 Å². The molecule has 2 bridgehead atoms. The van der Waals surface area contributed by atoms with E-state index in [0.717, 1.165) is 30.7 Å². The fourth-order valence-corrected chi connectivity index (χ4v) is 4.92. The minimum Gasteiger partial charge on any atom is -0.314 e. The van der Waals surface area contributed by atoms with Gasteiger partial charge in [-0.15, -0.1) is 0 Å². The summed E-state index contributed by atoms with van der Waals surface area (Å²) in [6.07, 6.45) is 10.1. The lowest BCUT2D eigenvalue weighted by Crippen LogP contribution is -2.52. The molecule has 104 valence electrons. The standard InChI is InChI=1S/C16H30N2/c1-4-17-12-9-13-5-6-14(10-12)18(13)15-7-8-16(2,3)11-15/h12-15,17H,4-11H2,1-3H3. The van der Waals surface area contributed by atoms with Crippen LogP contribution in [0.2, 0.25) is 0 Å². The van der Waals surface area contributed by atoms with Gasteiger partial charge < -0.3 is 5.32 Å². The molecule has 2 heterocycles. The monoisotopic (exact) mass is 250 g/mol. The zero-order valence-corrected chi connectivity index (χ0v) is 12.4. The third kappa shape index (κ3) is 2.34. The van der Waals surface area contributed by atoms with E-state index >= 15 is 0 Å². The molecule has 1 saturated carbocycles. The van der Waals surface area contributed by atoms with Crippen molar-refractivity contribution >= 4 is 0 Å². The molecule has 0 aromatic carbocycles. The van der Waals surface area contributed by atoms with Gasteiger partial charge in [0.05, 0.1) is 0 Å². The van der Waals surface area contributed by atoms with Gasteiger partial charge in [0.15, 0.2) is 0 Å². The van der Waals surface area contributed by atoms with E-state index < -0.39 is 0 Å². The third-order valence-electron chi connectivity index (χ3n) is 5.65. The first kappa shape index (κ1) is 12.9. The van der Waals surface area contributed by atoms with Gasteiger partial charge in [0.1, 0.15) is 0 Å². The van der Waals surface area contributed by atoms with Crippen molar-refractivity contribution in [2.75, 3.05) is 6.54 Å². The van der Waals surface area contributed by atoms with Crippen LogP contribution in [0.25, 0.3) is 0 Å². The molecule has 3 atom stereocenters. The molecule has 3 unspecified atom stereocenters. The summed E-state index contributed by atoms with van der Waals surface area (Å²) in [5.41, 5.74) is 0.600. The van der Waals surface area contributed by atoms with Gasteiger partial charge in [-0.05, 0) is 56.9 Å². The Hall–Kier alpha value is -0.0800. The maximum atomic E-state index is 3.69. The van der Waals surface area contributed by atoms with Gasteiger partial charge in [0.25, 0.3) is 0 Å². The molecule has 0 amide bonds. The molecule has 0 radical (unpaired) electrons. The lowest BCUT2D eigenvalue weighted by molar-refractivity contribution is 0.0680. The van der Waals surface area contributed by atoms with Crippen molar-refractivity contribution in [2.24, 2.45) is 5.41 Å². The van der Waals surface area contributed by atoms with Gasteiger partial charge in [-0.3, -0.25) is 4.90 Å². The Morgan fingerprint density at radius 3 is 2.22 bits per heavy atom. The molecule has 2 heteroatoms. The predicted octanol–water partition coefficient (Wildman–Crippen LogP) is 3.17. The Kier molecular flexibility index (Phi) is 3.44. The molecular formula is C16H30N2. The summed E-state index contributed by atoms with van der Waals surface area (Å²) in [5.74, 6) is 0. The molecule has 0 spiro atoms. The van der Waals surface area contributed by atoms with Crippen LogP contribution in [0.3, 0.4) is 0 Å². The second-order valence-corrected chi connectivity index (χ2v) is 7.62. The van der Waals surface area contributed by atoms with E-state index in [1.54, 1.807) is 0 Å². The van der Waals surface area contributed by atoms with Crippen molar-refractivity contribution in [3.8, 4) is 0 Å². The summed E-state index contributed by atoms with van der Waals surface area (Å²) in [6.45, 7) is 8.30. The predicted molar refractivity (Wildman–Crippen MR) is 76.8 cm³/mol. The lowest BCUT2D eigenvalue weighted by Gasteiger charge is -2.43. The molecule has 1 aliphatic carbocycles. The average molecular weight is 250 g/mol. The van der Waals surface area contributed by atoms with Crippen molar-refractivity contribution in [1.82, 2.24) is 10.2 Å². The van der Waals surface area contributed by atoms with Crippen LogP contribution in [-0.4, -0.2) is 35.6 Å². The number of hydrogen-bond acceptors (Lipinski definition) is 2. The fraction of sp³-hybridized carbons (Fsp3) is 1.00. The second kappa shape index (κ2) is 4.79. The molecule has 2 saturated heterocycles. The van der Waals surface area contributed by atoms with Gasteiger partial charge in [0.2, 0.25) is 0 Å². The number of rotatable bonds is 3. The maximum Gasteiger partial charge on any atom is 0.0116 e. The first-order valence-electron chi connectivity index (χ1n) is 8.10. The number of fused-ring (bicyclic) bond motifs is 2. The summed E-state index contributed by atoms with van der Waals surface area (Å²) < 4.78 is 0. The quantitative estimate of drug-likeness (QED) is 0.827. The summed E-state index contributed by atoms with van der Waals surface area (Å²) >= 11 is 0. The van der Waals surface area contributed by atoms with Gasteiger partial charge in [-0.25, -0.2) is 0 Å². The summed E-state index contributed by atoms with van der Waals surface area (Å²) in [4.78, 5) is 2.95. The number of nitrogens with one attached hydrogen (secondary N) is 1. The molecule has 2 aliphatic heterocycles. The van der Waals surface area contributed by atoms with Crippen molar-refractivity contribution in [2.45, 2.75) is 89.9 Å². The zero-order valence-electron chi connectivity index (χ0n) is 12.4. The van der Waals surface area contributed by atoms with Gasteiger partial charge in [-0.1, -0.05) is 20.8 Å². The average Bonchev–Trinajstić information content (AvgIpc) is 2.77. The van der Waals surface area contributed by atoms with Crippen LogP contribution in [0.15, 0.2) is 0 Å². The largest absolute Gasteiger partial charge is 0.314 e. The van der Waals surface area contributed by atoms with Crippen molar-refractivity contribution in [3.63, 3.8) is 0 Å². The fourth-order valence-electron chi connectivity index (χ4n) is 4.92. The molecular weight excluding hydrogens is 220 g/mol. The Morgan fingerprint density at radius 2 is 1.72 bits per heavy atom. The topological polar surface area (TPSA) is 15.3 Å². The van der Waals surface area contributed by atoms with Crippen LogP contribution in [0.4, 0.5) is 0 Å². The highest BCUT2D eigenvalue weighted by Gasteiger charge is 2.46. The van der Waals surface area contributed by atoms with E-state index in [2.05, 4.69) is 31.0 Å². The van der Waals surface area contributed by atoms with Crippen LogP contribution in [0.1, 0.15) is 65.7 Å². The maximum absolute atomic E-state index is 3.69. The Balaban J connectivity index is 1.65. The van der Waals surface area contributed by atoms with Crippen LogP contribution in [0.5, 0.6) is 0 Å². The highest BCUT2D eigenvalue weighted by Crippen LogP contribution is 2.46. The van der Waals surface area contributed by atoms with Crippen molar-refractivity contribution < 1.29 is 0 Å². The normalized spacial score (nSPS) is 43.5. The number of nitrogens with zero attached hydrogens (tertiary/aromatic N) is 1. The molecule has 1 N–H and O–H groups in total.